The number of aliphatic hydroxyl groups excluding tert-OH is 1. The minimum atomic E-state index is -0.662. The molecule has 6 heteroatoms. The van der Waals surface area contributed by atoms with E-state index in [1.54, 1.807) is 0 Å². The summed E-state index contributed by atoms with van der Waals surface area (Å²) in [6, 6.07) is 7.53. The maximum absolute atomic E-state index is 11.5. The van der Waals surface area contributed by atoms with Gasteiger partial charge in [-0.05, 0) is 12.1 Å². The number of rotatable bonds is 8. The van der Waals surface area contributed by atoms with Crippen molar-refractivity contribution in [3.05, 3.63) is 29.3 Å². The summed E-state index contributed by atoms with van der Waals surface area (Å²) in [5.74, 6) is 0.561. The lowest BCUT2D eigenvalue weighted by Gasteiger charge is -2.10. The van der Waals surface area contributed by atoms with Crippen molar-refractivity contribution < 1.29 is 14.6 Å². The molecule has 0 aliphatic carbocycles. The molecule has 1 aromatic rings. The fraction of sp³-hybridized carbons (Fsp3) is 0.462. The lowest BCUT2D eigenvalue weighted by molar-refractivity contribution is -0.121. The van der Waals surface area contributed by atoms with Gasteiger partial charge in [0, 0.05) is 30.7 Å². The Bertz CT molecular complexity index is 403. The van der Waals surface area contributed by atoms with Gasteiger partial charge in [0.2, 0.25) is 5.91 Å². The van der Waals surface area contributed by atoms with Crippen molar-refractivity contribution in [2.75, 3.05) is 26.0 Å². The average molecular weight is 304 g/mol. The molecule has 0 heterocycles. The number of nitrogens with one attached hydrogen (secondary N) is 1. The van der Waals surface area contributed by atoms with Crippen molar-refractivity contribution in [1.29, 1.82) is 0 Å². The van der Waals surface area contributed by atoms with Crippen LogP contribution in [0, 0.1) is 0 Å². The van der Waals surface area contributed by atoms with Gasteiger partial charge in [0.25, 0.3) is 0 Å². The molecule has 0 radical (unpaired) electrons. The van der Waals surface area contributed by atoms with Gasteiger partial charge >= 0.3 is 0 Å². The molecule has 0 spiro atoms. The largest absolute Gasteiger partial charge is 0.389 e. The molecule has 4 nitrogen and oxygen atoms in total. The van der Waals surface area contributed by atoms with Crippen LogP contribution in [0.25, 0.3) is 0 Å². The van der Waals surface area contributed by atoms with E-state index in [-0.39, 0.29) is 19.1 Å². The first-order chi connectivity index (χ1) is 9.13. The summed E-state index contributed by atoms with van der Waals surface area (Å²) in [5, 5.41) is 12.7. The molecule has 106 valence electrons. The van der Waals surface area contributed by atoms with E-state index in [0.29, 0.717) is 17.2 Å². The SMILES string of the molecule is COCC(O)CNC(=O)CCSc1ccccc1Cl. The van der Waals surface area contributed by atoms with Gasteiger partial charge in [-0.15, -0.1) is 11.8 Å². The molecule has 1 aromatic carbocycles. The molecule has 0 aromatic heterocycles. The van der Waals surface area contributed by atoms with Gasteiger partial charge in [-0.2, -0.15) is 0 Å². The third-order valence-electron chi connectivity index (χ3n) is 2.32. The van der Waals surface area contributed by atoms with E-state index in [0.717, 1.165) is 4.90 Å². The number of hydrogen-bond acceptors (Lipinski definition) is 4. The number of hydrogen-bond donors (Lipinski definition) is 2. The quantitative estimate of drug-likeness (QED) is 0.721. The monoisotopic (exact) mass is 303 g/mol. The first-order valence-corrected chi connectivity index (χ1v) is 7.31. The summed E-state index contributed by atoms with van der Waals surface area (Å²) in [7, 11) is 1.51. The highest BCUT2D eigenvalue weighted by molar-refractivity contribution is 7.99. The van der Waals surface area contributed by atoms with Crippen molar-refractivity contribution in [1.82, 2.24) is 5.32 Å². The van der Waals surface area contributed by atoms with E-state index in [2.05, 4.69) is 5.32 Å². The molecule has 0 bridgehead atoms. The fourth-order valence-electron chi connectivity index (χ4n) is 1.39. The van der Waals surface area contributed by atoms with Crippen molar-refractivity contribution in [3.63, 3.8) is 0 Å². The molecular weight excluding hydrogens is 286 g/mol. The Morgan fingerprint density at radius 2 is 2.26 bits per heavy atom. The van der Waals surface area contributed by atoms with E-state index in [1.165, 1.54) is 18.9 Å². The van der Waals surface area contributed by atoms with Gasteiger partial charge in [0.15, 0.2) is 0 Å². The smallest absolute Gasteiger partial charge is 0.220 e. The maximum Gasteiger partial charge on any atom is 0.220 e. The van der Waals surface area contributed by atoms with Crippen LogP contribution in [0.3, 0.4) is 0 Å². The number of ether oxygens (including phenoxy) is 1. The van der Waals surface area contributed by atoms with E-state index in [9.17, 15) is 9.90 Å². The zero-order valence-electron chi connectivity index (χ0n) is 10.8. The second kappa shape index (κ2) is 9.20. The highest BCUT2D eigenvalue weighted by Gasteiger charge is 2.07. The lowest BCUT2D eigenvalue weighted by atomic mass is 10.3. The predicted molar refractivity (Wildman–Crippen MR) is 77.7 cm³/mol. The summed E-state index contributed by atoms with van der Waals surface area (Å²) in [4.78, 5) is 12.5. The zero-order valence-corrected chi connectivity index (χ0v) is 12.3. The Labute approximate surface area is 122 Å². The standard InChI is InChI=1S/C13H18ClNO3S/c1-18-9-10(16)8-15-13(17)6-7-19-12-5-3-2-4-11(12)14/h2-5,10,16H,6-9H2,1H3,(H,15,17). The molecular formula is C13H18ClNO3S. The van der Waals surface area contributed by atoms with E-state index in [1.807, 2.05) is 24.3 Å². The Kier molecular flexibility index (Phi) is 7.90. The Hall–Kier alpha value is -0.750. The molecule has 2 N–H and O–H groups in total. The van der Waals surface area contributed by atoms with Crippen molar-refractivity contribution in [3.8, 4) is 0 Å². The number of amides is 1. The zero-order chi connectivity index (χ0) is 14.1. The first kappa shape index (κ1) is 16.3. The van der Waals surface area contributed by atoms with Crippen LogP contribution >= 0.6 is 23.4 Å². The van der Waals surface area contributed by atoms with Gasteiger partial charge in [-0.25, -0.2) is 0 Å². The Balaban J connectivity index is 2.19. The normalized spacial score (nSPS) is 12.2. The Morgan fingerprint density at radius 3 is 2.95 bits per heavy atom. The summed E-state index contributed by atoms with van der Waals surface area (Å²) < 4.78 is 4.77. The van der Waals surface area contributed by atoms with E-state index >= 15 is 0 Å². The second-order valence-electron chi connectivity index (χ2n) is 3.94. The number of halogens is 1. The molecule has 0 fully saturated rings. The van der Waals surface area contributed by atoms with Crippen LogP contribution in [-0.4, -0.2) is 43.1 Å². The fourth-order valence-corrected chi connectivity index (χ4v) is 2.57. The van der Waals surface area contributed by atoms with Gasteiger partial charge in [0.1, 0.15) is 0 Å². The molecule has 1 unspecified atom stereocenters. The van der Waals surface area contributed by atoms with Crippen molar-refractivity contribution in [2.24, 2.45) is 0 Å². The van der Waals surface area contributed by atoms with Crippen molar-refractivity contribution >= 4 is 29.3 Å². The molecule has 0 aliphatic heterocycles. The minimum absolute atomic E-state index is 0.0882. The van der Waals surface area contributed by atoms with Gasteiger partial charge in [0.05, 0.1) is 17.7 Å². The van der Waals surface area contributed by atoms with Crippen LogP contribution in [0.5, 0.6) is 0 Å². The molecule has 1 amide bonds. The third-order valence-corrected chi connectivity index (χ3v) is 3.83. The number of aliphatic hydroxyl groups is 1. The van der Waals surface area contributed by atoms with Gasteiger partial charge < -0.3 is 15.2 Å². The van der Waals surface area contributed by atoms with Gasteiger partial charge in [-0.3, -0.25) is 4.79 Å². The van der Waals surface area contributed by atoms with Crippen LogP contribution in [0.2, 0.25) is 5.02 Å². The number of carbonyl (C=O) groups excluding carboxylic acids is 1. The predicted octanol–water partition coefficient (Wildman–Crippen LogP) is 1.95. The van der Waals surface area contributed by atoms with Crippen LogP contribution in [-0.2, 0) is 9.53 Å². The number of thioether (sulfide) groups is 1. The Morgan fingerprint density at radius 1 is 1.53 bits per heavy atom. The highest BCUT2D eigenvalue weighted by atomic mass is 35.5. The topological polar surface area (TPSA) is 58.6 Å². The minimum Gasteiger partial charge on any atom is -0.389 e. The van der Waals surface area contributed by atoms with Crippen LogP contribution in [0.4, 0.5) is 0 Å². The van der Waals surface area contributed by atoms with Crippen molar-refractivity contribution in [2.45, 2.75) is 17.4 Å². The van der Waals surface area contributed by atoms with Crippen LogP contribution < -0.4 is 5.32 Å². The van der Waals surface area contributed by atoms with Crippen LogP contribution in [0.1, 0.15) is 6.42 Å². The third kappa shape index (κ3) is 6.82. The summed E-state index contributed by atoms with van der Waals surface area (Å²) >= 11 is 7.55. The average Bonchev–Trinajstić information content (AvgIpc) is 2.39. The van der Waals surface area contributed by atoms with Crippen LogP contribution in [0.15, 0.2) is 29.2 Å². The maximum atomic E-state index is 11.5. The molecule has 0 saturated carbocycles. The van der Waals surface area contributed by atoms with E-state index < -0.39 is 6.10 Å². The van der Waals surface area contributed by atoms with Gasteiger partial charge in [-0.1, -0.05) is 23.7 Å². The highest BCUT2D eigenvalue weighted by Crippen LogP contribution is 2.26. The molecule has 0 aliphatic rings. The second-order valence-corrected chi connectivity index (χ2v) is 5.49. The summed E-state index contributed by atoms with van der Waals surface area (Å²) in [6.45, 7) is 0.429. The number of carbonyl (C=O) groups is 1. The number of benzene rings is 1. The number of methoxy groups -OCH3 is 1. The summed E-state index contributed by atoms with van der Waals surface area (Å²) in [5.41, 5.74) is 0. The molecule has 1 atom stereocenters. The molecule has 19 heavy (non-hydrogen) atoms. The molecule has 0 saturated heterocycles. The summed E-state index contributed by atoms with van der Waals surface area (Å²) in [6.07, 6.45) is -0.277. The lowest BCUT2D eigenvalue weighted by Crippen LogP contribution is -2.34. The first-order valence-electron chi connectivity index (χ1n) is 5.94. The van der Waals surface area contributed by atoms with E-state index in [4.69, 9.17) is 16.3 Å². The molecule has 1 rings (SSSR count).